The fourth-order valence-corrected chi connectivity index (χ4v) is 2.99. The molecule has 0 aliphatic rings. The lowest BCUT2D eigenvalue weighted by atomic mass is 10.0. The molecular weight excluding hydrogens is 445 g/mol. The third-order valence-electron chi connectivity index (χ3n) is 4.02. The van der Waals surface area contributed by atoms with Crippen molar-refractivity contribution in [1.29, 1.82) is 0 Å². The van der Waals surface area contributed by atoms with Gasteiger partial charge in [0.15, 0.2) is 6.61 Å². The van der Waals surface area contributed by atoms with Crippen LogP contribution in [0.25, 0.3) is 0 Å². The summed E-state index contributed by atoms with van der Waals surface area (Å²) in [5.74, 6) is -1.98. The molecule has 0 aliphatic heterocycles. The molecule has 1 atom stereocenters. The highest BCUT2D eigenvalue weighted by atomic mass is 35.5. The SMILES string of the molecule is CC(C)C(NC(=O)c1ccc(Cl)cc1Cl)C(=O)NN=Cc1cccc(OCC(=O)O)c1. The molecule has 31 heavy (non-hydrogen) atoms. The normalized spacial score (nSPS) is 11.9. The van der Waals surface area contributed by atoms with Crippen LogP contribution in [-0.2, 0) is 9.59 Å². The first kappa shape index (κ1) is 24.2. The Hall–Kier alpha value is -3.10. The molecular formula is C21H21Cl2N3O5. The minimum Gasteiger partial charge on any atom is -0.482 e. The van der Waals surface area contributed by atoms with E-state index < -0.39 is 30.4 Å². The quantitative estimate of drug-likeness (QED) is 0.387. The fraction of sp³-hybridized carbons (Fsp3) is 0.238. The Bertz CT molecular complexity index is 995. The van der Waals surface area contributed by atoms with E-state index in [1.807, 2.05) is 0 Å². The molecule has 0 fully saturated rings. The molecule has 164 valence electrons. The van der Waals surface area contributed by atoms with E-state index in [4.69, 9.17) is 33.0 Å². The van der Waals surface area contributed by atoms with Gasteiger partial charge in [-0.1, -0.05) is 49.2 Å². The molecule has 10 heteroatoms. The van der Waals surface area contributed by atoms with E-state index in [1.54, 1.807) is 38.1 Å². The Balaban J connectivity index is 2.01. The minimum absolute atomic E-state index is 0.177. The molecule has 0 heterocycles. The standard InChI is InChI=1S/C21H21Cl2N3O5/c1-12(2)19(25-20(29)16-7-6-14(22)9-17(16)23)21(30)26-24-10-13-4-3-5-15(8-13)31-11-18(27)28/h3-10,12,19H,11H2,1-2H3,(H,25,29)(H,26,30)(H,27,28). The van der Waals surface area contributed by atoms with Crippen LogP contribution < -0.4 is 15.5 Å². The highest BCUT2D eigenvalue weighted by Gasteiger charge is 2.25. The van der Waals surface area contributed by atoms with E-state index in [9.17, 15) is 14.4 Å². The summed E-state index contributed by atoms with van der Waals surface area (Å²) in [6.45, 7) is 3.09. The van der Waals surface area contributed by atoms with Gasteiger partial charge in [0.2, 0.25) is 0 Å². The minimum atomic E-state index is -1.09. The third-order valence-corrected chi connectivity index (χ3v) is 4.57. The number of carbonyl (C=O) groups is 3. The van der Waals surface area contributed by atoms with Crippen LogP contribution in [0.5, 0.6) is 5.75 Å². The Kier molecular flexibility index (Phi) is 8.84. The number of benzene rings is 2. The zero-order chi connectivity index (χ0) is 23.0. The Morgan fingerprint density at radius 3 is 2.55 bits per heavy atom. The summed E-state index contributed by atoms with van der Waals surface area (Å²) >= 11 is 11.9. The molecule has 0 saturated carbocycles. The predicted molar refractivity (Wildman–Crippen MR) is 118 cm³/mol. The first-order chi connectivity index (χ1) is 14.7. The van der Waals surface area contributed by atoms with Gasteiger partial charge in [-0.05, 0) is 41.8 Å². The lowest BCUT2D eigenvalue weighted by Gasteiger charge is -2.20. The number of nitrogens with one attached hydrogen (secondary N) is 2. The monoisotopic (exact) mass is 465 g/mol. The zero-order valence-electron chi connectivity index (χ0n) is 16.8. The highest BCUT2D eigenvalue weighted by molar-refractivity contribution is 6.36. The summed E-state index contributed by atoms with van der Waals surface area (Å²) in [5.41, 5.74) is 3.17. The van der Waals surface area contributed by atoms with Crippen LogP contribution in [0.2, 0.25) is 10.0 Å². The van der Waals surface area contributed by atoms with Crippen molar-refractivity contribution in [2.45, 2.75) is 19.9 Å². The first-order valence-corrected chi connectivity index (χ1v) is 9.96. The molecule has 2 rings (SSSR count). The summed E-state index contributed by atoms with van der Waals surface area (Å²) < 4.78 is 5.09. The van der Waals surface area contributed by atoms with Crippen molar-refractivity contribution >= 4 is 47.2 Å². The van der Waals surface area contributed by atoms with E-state index >= 15 is 0 Å². The van der Waals surface area contributed by atoms with Gasteiger partial charge in [0.05, 0.1) is 16.8 Å². The Labute approximate surface area is 189 Å². The summed E-state index contributed by atoms with van der Waals surface area (Å²) in [5, 5.41) is 15.8. The van der Waals surface area contributed by atoms with Crippen LogP contribution in [-0.4, -0.2) is 41.8 Å². The van der Waals surface area contributed by atoms with Gasteiger partial charge in [0.1, 0.15) is 11.8 Å². The van der Waals surface area contributed by atoms with Crippen LogP contribution in [0, 0.1) is 5.92 Å². The van der Waals surface area contributed by atoms with Gasteiger partial charge in [-0.15, -0.1) is 0 Å². The predicted octanol–water partition coefficient (Wildman–Crippen LogP) is 3.36. The number of carboxylic acid groups (broad SMARTS) is 1. The van der Waals surface area contributed by atoms with Crippen molar-refractivity contribution in [1.82, 2.24) is 10.7 Å². The van der Waals surface area contributed by atoms with E-state index in [1.165, 1.54) is 24.4 Å². The number of nitrogens with zero attached hydrogens (tertiary/aromatic N) is 1. The van der Waals surface area contributed by atoms with Crippen LogP contribution in [0.1, 0.15) is 29.8 Å². The largest absolute Gasteiger partial charge is 0.482 e. The number of ether oxygens (including phenoxy) is 1. The summed E-state index contributed by atoms with van der Waals surface area (Å²) in [4.78, 5) is 35.6. The zero-order valence-corrected chi connectivity index (χ0v) is 18.3. The number of hydrogen-bond acceptors (Lipinski definition) is 5. The average Bonchev–Trinajstić information content (AvgIpc) is 2.70. The van der Waals surface area contributed by atoms with E-state index in [0.717, 1.165) is 0 Å². The Morgan fingerprint density at radius 1 is 1.16 bits per heavy atom. The van der Waals surface area contributed by atoms with Crippen LogP contribution in [0.4, 0.5) is 0 Å². The number of amides is 2. The lowest BCUT2D eigenvalue weighted by Crippen LogP contribution is -2.48. The maximum atomic E-state index is 12.5. The molecule has 0 spiro atoms. The molecule has 0 radical (unpaired) electrons. The second-order valence-corrected chi connectivity index (χ2v) is 7.65. The van der Waals surface area contributed by atoms with Gasteiger partial charge in [-0.3, -0.25) is 9.59 Å². The van der Waals surface area contributed by atoms with Gasteiger partial charge in [0, 0.05) is 5.02 Å². The molecule has 0 aliphatic carbocycles. The maximum Gasteiger partial charge on any atom is 0.341 e. The van der Waals surface area contributed by atoms with Crippen molar-refractivity contribution < 1.29 is 24.2 Å². The number of hydrazone groups is 1. The summed E-state index contributed by atoms with van der Waals surface area (Å²) in [7, 11) is 0. The van der Waals surface area contributed by atoms with Crippen molar-refractivity contribution in [3.8, 4) is 5.75 Å². The third kappa shape index (κ3) is 7.58. The van der Waals surface area contributed by atoms with Crippen LogP contribution in [0.3, 0.4) is 0 Å². The van der Waals surface area contributed by atoms with Crippen LogP contribution in [0.15, 0.2) is 47.6 Å². The Morgan fingerprint density at radius 2 is 1.90 bits per heavy atom. The van der Waals surface area contributed by atoms with E-state index in [-0.39, 0.29) is 16.5 Å². The van der Waals surface area contributed by atoms with Crippen molar-refractivity contribution in [2.24, 2.45) is 11.0 Å². The first-order valence-electron chi connectivity index (χ1n) is 9.21. The second-order valence-electron chi connectivity index (χ2n) is 6.81. The molecule has 0 aromatic heterocycles. The number of carbonyl (C=O) groups excluding carboxylic acids is 2. The van der Waals surface area contributed by atoms with E-state index in [2.05, 4.69) is 15.8 Å². The van der Waals surface area contributed by atoms with Gasteiger partial charge >= 0.3 is 5.97 Å². The van der Waals surface area contributed by atoms with Gasteiger partial charge < -0.3 is 15.2 Å². The van der Waals surface area contributed by atoms with E-state index in [0.29, 0.717) is 16.3 Å². The molecule has 0 bridgehead atoms. The van der Waals surface area contributed by atoms with Crippen LogP contribution >= 0.6 is 23.2 Å². The number of hydrogen-bond donors (Lipinski definition) is 3. The number of aliphatic carboxylic acids is 1. The number of carboxylic acids is 1. The molecule has 8 nitrogen and oxygen atoms in total. The van der Waals surface area contributed by atoms with Gasteiger partial charge in [-0.2, -0.15) is 5.10 Å². The summed E-state index contributed by atoms with van der Waals surface area (Å²) in [6, 6.07) is 10.1. The molecule has 2 aromatic carbocycles. The molecule has 0 saturated heterocycles. The van der Waals surface area contributed by atoms with Crippen molar-refractivity contribution in [3.63, 3.8) is 0 Å². The fourth-order valence-electron chi connectivity index (χ4n) is 2.50. The highest BCUT2D eigenvalue weighted by Crippen LogP contribution is 2.21. The molecule has 3 N–H and O–H groups in total. The topological polar surface area (TPSA) is 117 Å². The number of rotatable bonds is 9. The van der Waals surface area contributed by atoms with Crippen molar-refractivity contribution in [3.05, 3.63) is 63.6 Å². The van der Waals surface area contributed by atoms with Gasteiger partial charge in [-0.25, -0.2) is 10.2 Å². The lowest BCUT2D eigenvalue weighted by molar-refractivity contribution is -0.139. The number of halogens is 2. The van der Waals surface area contributed by atoms with Crippen molar-refractivity contribution in [2.75, 3.05) is 6.61 Å². The average molecular weight is 466 g/mol. The van der Waals surface area contributed by atoms with Gasteiger partial charge in [0.25, 0.3) is 11.8 Å². The maximum absolute atomic E-state index is 12.5. The molecule has 2 amide bonds. The molecule has 1 unspecified atom stereocenters. The smallest absolute Gasteiger partial charge is 0.341 e. The second kappa shape index (κ2) is 11.3. The summed E-state index contributed by atoms with van der Waals surface area (Å²) in [6.07, 6.45) is 1.38. The molecule has 2 aromatic rings.